The van der Waals surface area contributed by atoms with E-state index in [1.54, 1.807) is 0 Å². The van der Waals surface area contributed by atoms with Crippen molar-refractivity contribution in [2.45, 2.75) is 7.03 Å². The van der Waals surface area contributed by atoms with Crippen LogP contribution in [0.2, 0.25) is 0 Å². The summed E-state index contributed by atoms with van der Waals surface area (Å²) in [5, 5.41) is 0. The van der Waals surface area contributed by atoms with Crippen LogP contribution in [0.4, 0.5) is 0 Å². The average Bonchev–Trinajstić information content (AvgIpc) is 1.78. The second-order valence-corrected chi connectivity index (χ2v) is 8.27. The Kier molecular flexibility index (Phi) is 2.69. The van der Waals surface area contributed by atoms with Gasteiger partial charge in [0.1, 0.15) is 6.61 Å². The highest BCUT2D eigenvalue weighted by Crippen LogP contribution is 2.46. The monoisotopic (exact) mass is 386 g/mol. The molecular weight excluding hydrogens is 388 g/mol. The van der Waals surface area contributed by atoms with E-state index >= 15 is 0 Å². The molecule has 54 valence electrons. The van der Waals surface area contributed by atoms with Crippen molar-refractivity contribution in [3.05, 3.63) is 0 Å². The van der Waals surface area contributed by atoms with Crippen molar-refractivity contribution in [3.63, 3.8) is 0 Å². The number of alkyl halides is 4. The van der Waals surface area contributed by atoms with Gasteiger partial charge in [0.15, 0.2) is 0 Å². The molecule has 0 atom stereocenters. The first-order valence-electron chi connectivity index (χ1n) is 2.01. The summed E-state index contributed by atoms with van der Waals surface area (Å²) in [7, 11) is 0. The Morgan fingerprint density at radius 2 is 1.67 bits per heavy atom. The third-order valence-corrected chi connectivity index (χ3v) is 2.24. The molecule has 0 amide bonds. The Morgan fingerprint density at radius 3 is 1.78 bits per heavy atom. The molecule has 0 aromatic heterocycles. The lowest BCUT2D eigenvalue weighted by atomic mass is 10.8. The summed E-state index contributed by atoms with van der Waals surface area (Å²) in [5.41, 5.74) is 0. The maximum absolute atomic E-state index is 5.18. The normalized spacial score (nSPS) is 30.7. The van der Waals surface area contributed by atoms with Gasteiger partial charge in [0.05, 0.1) is 0 Å². The largest absolute Gasteiger partial charge is 0.327 e. The molecule has 0 aliphatic carbocycles. The van der Waals surface area contributed by atoms with Crippen LogP contribution >= 0.6 is 63.7 Å². The Bertz CT molecular complexity index is 109. The fourth-order valence-electron chi connectivity index (χ4n) is 0.401. The zero-order valence-corrected chi connectivity index (χ0v) is 10.4. The van der Waals surface area contributed by atoms with E-state index in [9.17, 15) is 0 Å². The first-order chi connectivity index (χ1) is 3.91. The van der Waals surface area contributed by atoms with Gasteiger partial charge in [-0.1, -0.05) is 0 Å². The van der Waals surface area contributed by atoms with Crippen LogP contribution in [0, 0.1) is 0 Å². The van der Waals surface area contributed by atoms with Crippen molar-refractivity contribution >= 4 is 63.7 Å². The van der Waals surface area contributed by atoms with Crippen LogP contribution in [0.15, 0.2) is 0 Å². The summed E-state index contributed by atoms with van der Waals surface area (Å²) in [4.78, 5) is 0. The van der Waals surface area contributed by atoms with Crippen molar-refractivity contribution < 1.29 is 9.47 Å². The van der Waals surface area contributed by atoms with Crippen molar-refractivity contribution in [1.29, 1.82) is 0 Å². The zero-order valence-electron chi connectivity index (χ0n) is 4.04. The Hall–Kier alpha value is 1.84. The van der Waals surface area contributed by atoms with Gasteiger partial charge in [-0.3, -0.25) is 0 Å². The standard InChI is InChI=1S/C3H2Br4O2/c4-2(5)1-8-3(6,7)9-2/h1H2. The van der Waals surface area contributed by atoms with Crippen LogP contribution in [-0.4, -0.2) is 13.6 Å². The molecule has 0 bridgehead atoms. The second-order valence-electron chi connectivity index (χ2n) is 1.49. The van der Waals surface area contributed by atoms with Crippen molar-refractivity contribution in [1.82, 2.24) is 0 Å². The quantitative estimate of drug-likeness (QED) is 0.593. The number of rotatable bonds is 0. The molecule has 1 heterocycles. The van der Waals surface area contributed by atoms with Crippen LogP contribution in [0.5, 0.6) is 0 Å². The topological polar surface area (TPSA) is 18.5 Å². The SMILES string of the molecule is BrC1(Br)COC(Br)(Br)O1. The van der Waals surface area contributed by atoms with Crippen molar-refractivity contribution in [2.75, 3.05) is 6.61 Å². The van der Waals surface area contributed by atoms with Gasteiger partial charge in [-0.15, -0.1) is 0 Å². The lowest BCUT2D eigenvalue weighted by Crippen LogP contribution is -2.16. The van der Waals surface area contributed by atoms with E-state index < -0.39 is 7.03 Å². The van der Waals surface area contributed by atoms with Gasteiger partial charge in [0.25, 0.3) is 3.61 Å². The number of ether oxygens (including phenoxy) is 2. The molecule has 6 heteroatoms. The Morgan fingerprint density at radius 1 is 1.11 bits per heavy atom. The molecule has 1 aliphatic heterocycles. The molecule has 9 heavy (non-hydrogen) atoms. The summed E-state index contributed by atoms with van der Waals surface area (Å²) in [6.45, 7) is 0.434. The third-order valence-electron chi connectivity index (χ3n) is 0.676. The van der Waals surface area contributed by atoms with E-state index in [1.807, 2.05) is 0 Å². The minimum atomic E-state index is -0.840. The number of halogens is 4. The molecule has 0 spiro atoms. The van der Waals surface area contributed by atoms with E-state index in [2.05, 4.69) is 63.7 Å². The molecule has 0 aromatic carbocycles. The maximum atomic E-state index is 5.18. The summed E-state index contributed by atoms with van der Waals surface area (Å²) < 4.78 is 8.85. The fraction of sp³-hybridized carbons (Fsp3) is 1.00. The molecule has 0 N–H and O–H groups in total. The first-order valence-corrected chi connectivity index (χ1v) is 5.18. The smallest absolute Gasteiger partial charge is 0.287 e. The third kappa shape index (κ3) is 2.75. The van der Waals surface area contributed by atoms with Crippen LogP contribution in [0.3, 0.4) is 0 Å². The fourth-order valence-corrected chi connectivity index (χ4v) is 2.74. The highest BCUT2D eigenvalue weighted by atomic mass is 79.9. The number of hydrogen-bond acceptors (Lipinski definition) is 2. The summed E-state index contributed by atoms with van der Waals surface area (Å²) in [6, 6.07) is 0. The summed E-state index contributed by atoms with van der Waals surface area (Å²) in [5.74, 6) is 0. The highest BCUT2D eigenvalue weighted by Gasteiger charge is 2.44. The molecule has 1 rings (SSSR count). The van der Waals surface area contributed by atoms with Crippen LogP contribution < -0.4 is 0 Å². The molecule has 2 nitrogen and oxygen atoms in total. The predicted molar refractivity (Wildman–Crippen MR) is 48.2 cm³/mol. The molecule has 1 saturated heterocycles. The lowest BCUT2D eigenvalue weighted by molar-refractivity contribution is 0.00805. The number of hydrogen-bond donors (Lipinski definition) is 0. The van der Waals surface area contributed by atoms with E-state index in [1.165, 1.54) is 0 Å². The predicted octanol–water partition coefficient (Wildman–Crippen LogP) is 2.88. The highest BCUT2D eigenvalue weighted by molar-refractivity contribution is 9.26. The minimum Gasteiger partial charge on any atom is -0.327 e. The van der Waals surface area contributed by atoms with Crippen LogP contribution in [0.1, 0.15) is 0 Å². The molecular formula is C3H2Br4O2. The maximum Gasteiger partial charge on any atom is 0.287 e. The van der Waals surface area contributed by atoms with Crippen molar-refractivity contribution in [3.8, 4) is 0 Å². The molecule has 0 unspecified atom stereocenters. The van der Waals surface area contributed by atoms with E-state index in [4.69, 9.17) is 9.47 Å². The molecule has 1 fully saturated rings. The lowest BCUT2D eigenvalue weighted by Gasteiger charge is -2.13. The van der Waals surface area contributed by atoms with Gasteiger partial charge in [0, 0.05) is 0 Å². The molecule has 0 radical (unpaired) electrons. The van der Waals surface area contributed by atoms with Crippen LogP contribution in [0.25, 0.3) is 0 Å². The summed E-state index contributed by atoms with van der Waals surface area (Å²) in [6.07, 6.45) is 0. The minimum absolute atomic E-state index is 0.434. The van der Waals surface area contributed by atoms with Crippen LogP contribution in [-0.2, 0) is 9.47 Å². The van der Waals surface area contributed by atoms with Gasteiger partial charge < -0.3 is 9.47 Å². The van der Waals surface area contributed by atoms with E-state index in [0.717, 1.165) is 0 Å². The van der Waals surface area contributed by atoms with Gasteiger partial charge >= 0.3 is 0 Å². The van der Waals surface area contributed by atoms with Gasteiger partial charge in [0.2, 0.25) is 3.42 Å². The van der Waals surface area contributed by atoms with Gasteiger partial charge in [-0.25, -0.2) is 0 Å². The van der Waals surface area contributed by atoms with Crippen molar-refractivity contribution in [2.24, 2.45) is 0 Å². The average molecular weight is 390 g/mol. The second kappa shape index (κ2) is 2.71. The Balaban J connectivity index is 2.58. The molecule has 0 saturated carbocycles. The van der Waals surface area contributed by atoms with Gasteiger partial charge in [-0.05, 0) is 63.7 Å². The summed E-state index contributed by atoms with van der Waals surface area (Å²) >= 11 is 12.7. The van der Waals surface area contributed by atoms with Gasteiger partial charge in [-0.2, -0.15) is 0 Å². The first kappa shape index (κ1) is 8.93. The van der Waals surface area contributed by atoms with E-state index in [-0.39, 0.29) is 0 Å². The Labute approximate surface area is 86.2 Å². The van der Waals surface area contributed by atoms with E-state index in [0.29, 0.717) is 6.61 Å². The zero-order chi connectivity index (χ0) is 7.12. The molecule has 0 aromatic rings. The molecule has 1 aliphatic rings.